The molecular formula is C9H5BrF2O. The number of hydrogen-bond acceptors (Lipinski definition) is 1. The van der Waals surface area contributed by atoms with Crippen molar-refractivity contribution in [3.63, 3.8) is 0 Å². The molecule has 0 amide bonds. The molecule has 0 saturated carbocycles. The topological polar surface area (TPSA) is 13.1 Å². The standard InChI is InChI=1S/C9H5BrF2O/c10-6-2-1-5-3-8(9(11)12)13-7(5)4-6/h1-4,9H. The third-order valence-corrected chi connectivity index (χ3v) is 2.21. The lowest BCUT2D eigenvalue weighted by atomic mass is 10.2. The van der Waals surface area contributed by atoms with Crippen molar-refractivity contribution in [3.05, 3.63) is 34.5 Å². The van der Waals surface area contributed by atoms with Crippen molar-refractivity contribution < 1.29 is 13.2 Å². The van der Waals surface area contributed by atoms with E-state index in [4.69, 9.17) is 4.42 Å². The van der Waals surface area contributed by atoms with Crippen molar-refractivity contribution in [1.29, 1.82) is 0 Å². The van der Waals surface area contributed by atoms with Crippen LogP contribution in [0.3, 0.4) is 0 Å². The molecule has 0 spiro atoms. The molecule has 1 aromatic heterocycles. The molecule has 0 radical (unpaired) electrons. The van der Waals surface area contributed by atoms with Gasteiger partial charge in [-0.1, -0.05) is 15.9 Å². The van der Waals surface area contributed by atoms with Gasteiger partial charge in [-0.2, -0.15) is 0 Å². The van der Waals surface area contributed by atoms with E-state index < -0.39 is 6.43 Å². The summed E-state index contributed by atoms with van der Waals surface area (Å²) in [6.07, 6.45) is -2.55. The molecule has 1 nitrogen and oxygen atoms in total. The predicted octanol–water partition coefficient (Wildman–Crippen LogP) is 4.13. The lowest BCUT2D eigenvalue weighted by Crippen LogP contribution is -1.74. The van der Waals surface area contributed by atoms with Gasteiger partial charge in [-0.15, -0.1) is 0 Å². The Hall–Kier alpha value is -0.900. The van der Waals surface area contributed by atoms with E-state index in [0.717, 1.165) is 4.47 Å². The van der Waals surface area contributed by atoms with Gasteiger partial charge in [-0.3, -0.25) is 0 Å². The second kappa shape index (κ2) is 3.10. The first-order chi connectivity index (χ1) is 6.16. The van der Waals surface area contributed by atoms with Crippen LogP contribution in [0.15, 0.2) is 33.2 Å². The third kappa shape index (κ3) is 1.58. The van der Waals surface area contributed by atoms with Gasteiger partial charge in [0.1, 0.15) is 5.58 Å². The quantitative estimate of drug-likeness (QED) is 0.738. The predicted molar refractivity (Wildman–Crippen MR) is 48.9 cm³/mol. The third-order valence-electron chi connectivity index (χ3n) is 1.72. The molecule has 0 unspecified atom stereocenters. The van der Waals surface area contributed by atoms with Crippen LogP contribution in [0.5, 0.6) is 0 Å². The fourth-order valence-electron chi connectivity index (χ4n) is 1.13. The maximum absolute atomic E-state index is 12.2. The molecule has 2 rings (SSSR count). The smallest absolute Gasteiger partial charge is 0.295 e. The molecule has 2 aromatic rings. The van der Waals surface area contributed by atoms with Gasteiger partial charge < -0.3 is 4.42 Å². The first kappa shape index (κ1) is 8.69. The fourth-order valence-corrected chi connectivity index (χ4v) is 1.47. The minimum atomic E-state index is -2.55. The highest BCUT2D eigenvalue weighted by atomic mass is 79.9. The number of hydrogen-bond donors (Lipinski definition) is 0. The van der Waals surface area contributed by atoms with Crippen LogP contribution < -0.4 is 0 Å². The molecule has 0 atom stereocenters. The zero-order chi connectivity index (χ0) is 9.42. The van der Waals surface area contributed by atoms with Crippen LogP contribution in [0.2, 0.25) is 0 Å². The minimum Gasteiger partial charge on any atom is -0.455 e. The molecule has 0 aliphatic heterocycles. The van der Waals surface area contributed by atoms with Crippen LogP contribution in [-0.2, 0) is 0 Å². The van der Waals surface area contributed by atoms with Gasteiger partial charge >= 0.3 is 0 Å². The molecule has 1 aromatic carbocycles. The summed E-state index contributed by atoms with van der Waals surface area (Å²) in [5.41, 5.74) is 0.477. The Bertz CT molecular complexity index is 436. The van der Waals surface area contributed by atoms with E-state index in [1.54, 1.807) is 18.2 Å². The molecular weight excluding hydrogens is 242 g/mol. The number of halogens is 3. The molecule has 0 bridgehead atoms. The summed E-state index contributed by atoms with van der Waals surface area (Å²) in [5.74, 6) is -0.284. The van der Waals surface area contributed by atoms with Crippen molar-refractivity contribution >= 4 is 26.9 Å². The van der Waals surface area contributed by atoms with Gasteiger partial charge in [0, 0.05) is 9.86 Å². The monoisotopic (exact) mass is 246 g/mol. The van der Waals surface area contributed by atoms with Gasteiger partial charge in [0.05, 0.1) is 0 Å². The van der Waals surface area contributed by atoms with Crippen LogP contribution in [-0.4, -0.2) is 0 Å². The van der Waals surface area contributed by atoms with E-state index >= 15 is 0 Å². The summed E-state index contributed by atoms with van der Waals surface area (Å²) >= 11 is 3.23. The maximum Gasteiger partial charge on any atom is 0.295 e. The molecule has 0 aliphatic rings. The summed E-state index contributed by atoms with van der Waals surface area (Å²) < 4.78 is 30.1. The number of rotatable bonds is 1. The molecule has 13 heavy (non-hydrogen) atoms. The molecule has 0 N–H and O–H groups in total. The van der Waals surface area contributed by atoms with Gasteiger partial charge in [0.25, 0.3) is 6.43 Å². The average molecular weight is 247 g/mol. The van der Waals surface area contributed by atoms with E-state index in [1.807, 2.05) is 0 Å². The van der Waals surface area contributed by atoms with Crippen molar-refractivity contribution in [2.75, 3.05) is 0 Å². The highest BCUT2D eigenvalue weighted by Gasteiger charge is 2.12. The summed E-state index contributed by atoms with van der Waals surface area (Å²) in [7, 11) is 0. The largest absolute Gasteiger partial charge is 0.455 e. The van der Waals surface area contributed by atoms with Crippen LogP contribution >= 0.6 is 15.9 Å². The summed E-state index contributed by atoms with van der Waals surface area (Å²) in [5, 5.41) is 0.693. The van der Waals surface area contributed by atoms with Crippen LogP contribution in [0.25, 0.3) is 11.0 Å². The van der Waals surface area contributed by atoms with Gasteiger partial charge in [-0.25, -0.2) is 8.78 Å². The molecule has 4 heteroatoms. The lowest BCUT2D eigenvalue weighted by molar-refractivity contribution is 0.124. The Morgan fingerprint density at radius 3 is 2.69 bits per heavy atom. The average Bonchev–Trinajstić information content (AvgIpc) is 2.46. The van der Waals surface area contributed by atoms with Gasteiger partial charge in [0.2, 0.25) is 0 Å². The van der Waals surface area contributed by atoms with Gasteiger partial charge in [0.15, 0.2) is 5.76 Å². The molecule has 1 heterocycles. The Kier molecular flexibility index (Phi) is 2.07. The Morgan fingerprint density at radius 1 is 1.23 bits per heavy atom. The van der Waals surface area contributed by atoms with E-state index in [-0.39, 0.29) is 5.76 Å². The summed E-state index contributed by atoms with van der Waals surface area (Å²) in [6, 6.07) is 6.54. The van der Waals surface area contributed by atoms with Crippen LogP contribution in [0.1, 0.15) is 12.2 Å². The van der Waals surface area contributed by atoms with Crippen molar-refractivity contribution in [3.8, 4) is 0 Å². The minimum absolute atomic E-state index is 0.284. The Morgan fingerprint density at radius 2 is 2.00 bits per heavy atom. The van der Waals surface area contributed by atoms with Crippen LogP contribution in [0, 0.1) is 0 Å². The SMILES string of the molecule is FC(F)c1cc2ccc(Br)cc2o1. The highest BCUT2D eigenvalue weighted by Crippen LogP contribution is 2.28. The Balaban J connectivity index is 2.62. The number of fused-ring (bicyclic) bond motifs is 1. The van der Waals surface area contributed by atoms with E-state index in [9.17, 15) is 8.78 Å². The lowest BCUT2D eigenvalue weighted by Gasteiger charge is -1.89. The number of furan rings is 1. The molecule has 68 valence electrons. The zero-order valence-electron chi connectivity index (χ0n) is 6.43. The number of alkyl halides is 2. The normalized spacial score (nSPS) is 11.4. The zero-order valence-corrected chi connectivity index (χ0v) is 8.01. The van der Waals surface area contributed by atoms with Crippen LogP contribution in [0.4, 0.5) is 8.78 Å². The van der Waals surface area contributed by atoms with Crippen molar-refractivity contribution in [2.45, 2.75) is 6.43 Å². The van der Waals surface area contributed by atoms with Crippen molar-refractivity contribution in [1.82, 2.24) is 0 Å². The molecule has 0 aliphatic carbocycles. The van der Waals surface area contributed by atoms with E-state index in [1.165, 1.54) is 6.07 Å². The van der Waals surface area contributed by atoms with E-state index in [0.29, 0.717) is 11.0 Å². The van der Waals surface area contributed by atoms with E-state index in [2.05, 4.69) is 15.9 Å². The first-order valence-corrected chi connectivity index (χ1v) is 4.43. The van der Waals surface area contributed by atoms with Gasteiger partial charge in [-0.05, 0) is 24.3 Å². The number of benzene rings is 1. The Labute approximate surface area is 81.5 Å². The second-order valence-electron chi connectivity index (χ2n) is 2.63. The van der Waals surface area contributed by atoms with Crippen molar-refractivity contribution in [2.24, 2.45) is 0 Å². The summed E-state index contributed by atoms with van der Waals surface area (Å²) in [6.45, 7) is 0. The fraction of sp³-hybridized carbons (Fsp3) is 0.111. The molecule has 0 fully saturated rings. The second-order valence-corrected chi connectivity index (χ2v) is 3.55. The first-order valence-electron chi connectivity index (χ1n) is 3.64. The molecule has 0 saturated heterocycles. The highest BCUT2D eigenvalue weighted by molar-refractivity contribution is 9.10. The maximum atomic E-state index is 12.2. The summed E-state index contributed by atoms with van der Waals surface area (Å²) in [4.78, 5) is 0.